The molecule has 0 aliphatic rings. The lowest BCUT2D eigenvalue weighted by Crippen LogP contribution is -2.09. The van der Waals surface area contributed by atoms with E-state index in [0.717, 1.165) is 17.1 Å². The second kappa shape index (κ2) is 13.4. The first-order valence-corrected chi connectivity index (χ1v) is 20.0. The summed E-state index contributed by atoms with van der Waals surface area (Å²) in [6.07, 6.45) is 0. The van der Waals surface area contributed by atoms with E-state index in [1.165, 1.54) is 85.9 Å². The number of hydrogen-bond acceptors (Lipinski definition) is 2. The molecule has 56 heavy (non-hydrogen) atoms. The van der Waals surface area contributed by atoms with Gasteiger partial charge in [0.15, 0.2) is 0 Å². The maximum atomic E-state index is 2.37. The zero-order valence-electron chi connectivity index (χ0n) is 30.6. The molecular weight excluding hydrogens is 695 g/mol. The molecule has 0 saturated heterocycles. The van der Waals surface area contributed by atoms with Gasteiger partial charge in [0, 0.05) is 37.2 Å². The van der Waals surface area contributed by atoms with Gasteiger partial charge in [0.2, 0.25) is 0 Å². The van der Waals surface area contributed by atoms with Crippen LogP contribution in [0.15, 0.2) is 212 Å². The molecule has 0 fully saturated rings. The summed E-state index contributed by atoms with van der Waals surface area (Å²) in [7, 11) is 0. The molecule has 1 aromatic heterocycles. The van der Waals surface area contributed by atoms with E-state index in [1.54, 1.807) is 0 Å². The van der Waals surface area contributed by atoms with Gasteiger partial charge in [0.05, 0.1) is 0 Å². The first-order valence-electron chi connectivity index (χ1n) is 19.2. The molecule has 2 heteroatoms. The van der Waals surface area contributed by atoms with Crippen molar-refractivity contribution in [3.05, 3.63) is 212 Å². The smallest absolute Gasteiger partial charge is 0.0462 e. The predicted molar refractivity (Wildman–Crippen MR) is 243 cm³/mol. The summed E-state index contributed by atoms with van der Waals surface area (Å²) in [6, 6.07) is 77.6. The Bertz CT molecular complexity index is 3210. The van der Waals surface area contributed by atoms with E-state index in [-0.39, 0.29) is 0 Å². The molecule has 10 aromatic carbocycles. The summed E-state index contributed by atoms with van der Waals surface area (Å²) in [5.41, 5.74) is 10.7. The van der Waals surface area contributed by atoms with Crippen LogP contribution in [0.5, 0.6) is 0 Å². The van der Waals surface area contributed by atoms with Crippen LogP contribution in [0, 0.1) is 0 Å². The molecule has 11 aromatic rings. The average Bonchev–Trinajstić information content (AvgIpc) is 3.66. The van der Waals surface area contributed by atoms with Crippen molar-refractivity contribution in [2.45, 2.75) is 0 Å². The summed E-state index contributed by atoms with van der Waals surface area (Å²) in [6.45, 7) is 0. The van der Waals surface area contributed by atoms with Crippen molar-refractivity contribution in [2.24, 2.45) is 0 Å². The third-order valence-corrected chi connectivity index (χ3v) is 12.5. The predicted octanol–water partition coefficient (Wildman–Crippen LogP) is 16.0. The van der Waals surface area contributed by atoms with Crippen LogP contribution in [0.25, 0.3) is 85.9 Å². The fourth-order valence-corrected chi connectivity index (χ4v) is 9.78. The highest BCUT2D eigenvalue weighted by Crippen LogP contribution is 2.43. The minimum atomic E-state index is 1.11. The molecule has 0 radical (unpaired) electrons. The van der Waals surface area contributed by atoms with Gasteiger partial charge in [-0.2, -0.15) is 0 Å². The van der Waals surface area contributed by atoms with Crippen molar-refractivity contribution < 1.29 is 0 Å². The van der Waals surface area contributed by atoms with Gasteiger partial charge in [-0.05, 0) is 114 Å². The quantitative estimate of drug-likeness (QED) is 0.154. The molecule has 0 spiro atoms. The molecule has 0 bridgehead atoms. The van der Waals surface area contributed by atoms with Crippen molar-refractivity contribution in [1.29, 1.82) is 0 Å². The minimum absolute atomic E-state index is 1.11. The van der Waals surface area contributed by atoms with Gasteiger partial charge in [-0.1, -0.05) is 164 Å². The van der Waals surface area contributed by atoms with Crippen LogP contribution in [-0.2, 0) is 0 Å². The van der Waals surface area contributed by atoms with E-state index < -0.39 is 0 Å². The van der Waals surface area contributed by atoms with Crippen LogP contribution in [0.3, 0.4) is 0 Å². The molecule has 11 rings (SSSR count). The Morgan fingerprint density at radius 1 is 0.304 bits per heavy atom. The Morgan fingerprint density at radius 2 is 0.839 bits per heavy atom. The number of hydrogen-bond donors (Lipinski definition) is 0. The Labute approximate surface area is 330 Å². The van der Waals surface area contributed by atoms with Crippen molar-refractivity contribution >= 4 is 80.9 Å². The lowest BCUT2D eigenvalue weighted by atomic mass is 9.90. The molecule has 1 heterocycles. The van der Waals surface area contributed by atoms with Gasteiger partial charge in [-0.25, -0.2) is 0 Å². The molecule has 0 aliphatic carbocycles. The van der Waals surface area contributed by atoms with E-state index in [9.17, 15) is 0 Å². The maximum Gasteiger partial charge on any atom is 0.0462 e. The van der Waals surface area contributed by atoms with Crippen molar-refractivity contribution in [3.63, 3.8) is 0 Å². The molecule has 262 valence electrons. The normalized spacial score (nSPS) is 11.6. The van der Waals surface area contributed by atoms with E-state index in [0.29, 0.717) is 0 Å². The molecule has 0 amide bonds. The fourth-order valence-electron chi connectivity index (χ4n) is 8.55. The van der Waals surface area contributed by atoms with Crippen molar-refractivity contribution in [1.82, 2.24) is 0 Å². The molecule has 0 atom stereocenters. The standard InChI is InChI=1S/C54H35NS/c1-2-11-36(12-3-1)37-21-28-42(29-22-37)55(43-30-23-39(24-31-43)47-18-10-19-50-48-17-8-9-20-52(48)56-54(47)50)44-32-25-40(26-33-44)51-35-41-14-5-6-15-45(41)49-34-27-38-13-4-7-16-46(38)53(49)51/h1-35H. The molecule has 1 nitrogen and oxygen atoms in total. The van der Waals surface area contributed by atoms with Crippen LogP contribution >= 0.6 is 11.3 Å². The van der Waals surface area contributed by atoms with Gasteiger partial charge in [0.25, 0.3) is 0 Å². The van der Waals surface area contributed by atoms with Gasteiger partial charge >= 0.3 is 0 Å². The van der Waals surface area contributed by atoms with Crippen LogP contribution in [0.2, 0.25) is 0 Å². The zero-order valence-corrected chi connectivity index (χ0v) is 31.4. The van der Waals surface area contributed by atoms with Gasteiger partial charge in [-0.15, -0.1) is 11.3 Å². The Balaban J connectivity index is 1.03. The highest BCUT2D eigenvalue weighted by atomic mass is 32.1. The second-order valence-corrected chi connectivity index (χ2v) is 15.5. The third-order valence-electron chi connectivity index (χ3n) is 11.3. The van der Waals surface area contributed by atoms with Crippen LogP contribution < -0.4 is 4.90 Å². The average molecular weight is 730 g/mol. The lowest BCUT2D eigenvalue weighted by molar-refractivity contribution is 1.28. The Kier molecular flexibility index (Phi) is 7.75. The Morgan fingerprint density at radius 3 is 1.55 bits per heavy atom. The molecule has 0 aliphatic heterocycles. The van der Waals surface area contributed by atoms with E-state index in [1.807, 2.05) is 11.3 Å². The second-order valence-electron chi connectivity index (χ2n) is 14.5. The maximum absolute atomic E-state index is 2.37. The minimum Gasteiger partial charge on any atom is -0.311 e. The molecule has 0 unspecified atom stereocenters. The van der Waals surface area contributed by atoms with Gasteiger partial charge < -0.3 is 4.90 Å². The van der Waals surface area contributed by atoms with E-state index in [4.69, 9.17) is 0 Å². The lowest BCUT2D eigenvalue weighted by Gasteiger charge is -2.26. The van der Waals surface area contributed by atoms with E-state index >= 15 is 0 Å². The van der Waals surface area contributed by atoms with Crippen molar-refractivity contribution in [3.8, 4) is 33.4 Å². The van der Waals surface area contributed by atoms with Gasteiger partial charge in [-0.3, -0.25) is 0 Å². The van der Waals surface area contributed by atoms with Crippen LogP contribution in [0.1, 0.15) is 0 Å². The molecular formula is C54H35NS. The number of nitrogens with zero attached hydrogens (tertiary/aromatic N) is 1. The summed E-state index contributed by atoms with van der Waals surface area (Å²) < 4.78 is 2.66. The molecule has 0 N–H and O–H groups in total. The van der Waals surface area contributed by atoms with E-state index in [2.05, 4.69) is 217 Å². The number of fused-ring (bicyclic) bond motifs is 8. The molecule has 0 saturated carbocycles. The van der Waals surface area contributed by atoms with Gasteiger partial charge in [0.1, 0.15) is 0 Å². The third kappa shape index (κ3) is 5.46. The topological polar surface area (TPSA) is 3.24 Å². The summed E-state index contributed by atoms with van der Waals surface area (Å²) in [5.74, 6) is 0. The number of rotatable bonds is 6. The monoisotopic (exact) mass is 729 g/mol. The zero-order chi connectivity index (χ0) is 37.0. The number of benzene rings is 10. The highest BCUT2D eigenvalue weighted by molar-refractivity contribution is 7.26. The van der Waals surface area contributed by atoms with Crippen LogP contribution in [0.4, 0.5) is 17.1 Å². The Hall–Kier alpha value is -7.00. The number of anilines is 3. The summed E-state index contributed by atoms with van der Waals surface area (Å²) >= 11 is 1.88. The number of thiophene rings is 1. The van der Waals surface area contributed by atoms with Crippen molar-refractivity contribution in [2.75, 3.05) is 4.90 Å². The highest BCUT2D eigenvalue weighted by Gasteiger charge is 2.17. The van der Waals surface area contributed by atoms with Crippen LogP contribution in [-0.4, -0.2) is 0 Å². The summed E-state index contributed by atoms with van der Waals surface area (Å²) in [5, 5.41) is 10.3. The first-order chi connectivity index (χ1) is 27.8. The first kappa shape index (κ1) is 32.4. The summed E-state index contributed by atoms with van der Waals surface area (Å²) in [4.78, 5) is 2.37. The fraction of sp³-hybridized carbons (Fsp3) is 0. The SMILES string of the molecule is c1ccc(-c2ccc(N(c3ccc(-c4cccc5c4sc4ccccc45)cc3)c3ccc(-c4cc5ccccc5c5ccc6ccccc6c45)cc3)cc2)cc1. The largest absolute Gasteiger partial charge is 0.311 e.